The molecule has 2 heterocycles. The van der Waals surface area contributed by atoms with Crippen LogP contribution >= 0.6 is 11.8 Å². The zero-order valence-corrected chi connectivity index (χ0v) is 28.1. The van der Waals surface area contributed by atoms with Gasteiger partial charge < -0.3 is 29.0 Å². The third-order valence-corrected chi connectivity index (χ3v) is 9.15. The topological polar surface area (TPSA) is 170 Å². The highest BCUT2D eigenvalue weighted by molar-refractivity contribution is 8.00. The zero-order valence-electron chi connectivity index (χ0n) is 27.3. The van der Waals surface area contributed by atoms with E-state index in [9.17, 15) is 29.3 Å². The number of para-hydroxylation sites is 1. The molecule has 2 aliphatic heterocycles. The molecule has 5 atom stereocenters. The normalized spacial score (nSPS) is 22.2. The van der Waals surface area contributed by atoms with Gasteiger partial charge in [0.1, 0.15) is 18.3 Å². The third kappa shape index (κ3) is 8.94. The van der Waals surface area contributed by atoms with Gasteiger partial charge in [-0.25, -0.2) is 4.79 Å². The fourth-order valence-corrected chi connectivity index (χ4v) is 7.15. The summed E-state index contributed by atoms with van der Waals surface area (Å²) in [6.45, 7) is 6.88. The first kappa shape index (κ1) is 36.0. The minimum Gasteiger partial charge on any atom is -0.489 e. The van der Waals surface area contributed by atoms with Gasteiger partial charge in [-0.05, 0) is 31.9 Å². The van der Waals surface area contributed by atoms with Gasteiger partial charge >= 0.3 is 23.9 Å². The van der Waals surface area contributed by atoms with Gasteiger partial charge in [-0.2, -0.15) is 11.8 Å². The minimum absolute atomic E-state index is 0.0450. The summed E-state index contributed by atoms with van der Waals surface area (Å²) >= 11 is 1.31. The van der Waals surface area contributed by atoms with E-state index >= 15 is 0 Å². The van der Waals surface area contributed by atoms with Gasteiger partial charge in [0, 0.05) is 43.0 Å². The average Bonchev–Trinajstić information content (AvgIpc) is 3.02. The number of thioether (sulfide) groups is 1. The van der Waals surface area contributed by atoms with Gasteiger partial charge in [0.2, 0.25) is 0 Å². The number of hydrogen-bond donors (Lipinski definition) is 1. The number of benzene rings is 2. The van der Waals surface area contributed by atoms with Gasteiger partial charge in [0.05, 0.1) is 22.8 Å². The maximum atomic E-state index is 13.8. The van der Waals surface area contributed by atoms with Gasteiger partial charge in [-0.3, -0.25) is 24.5 Å². The SMILES string of the molecule is CC(=O)O[C@H]1[C@H](OC(C)=O)[C@@H](CCOC(=O)C2=C(C)NC(C)=C([N+](=O)[O-])C2c2ccccc2OCc2ccccc2)SC[C@H]1OC(C)=O. The Bertz CT molecular complexity index is 1610. The summed E-state index contributed by atoms with van der Waals surface area (Å²) in [5.74, 6) is -3.16. The largest absolute Gasteiger partial charge is 0.489 e. The lowest BCUT2D eigenvalue weighted by molar-refractivity contribution is -0.431. The molecular formula is C34H38N2O11S. The molecule has 2 aromatic carbocycles. The maximum absolute atomic E-state index is 13.8. The molecule has 2 aromatic rings. The van der Waals surface area contributed by atoms with Crippen LogP contribution in [0.3, 0.4) is 0 Å². The molecule has 0 spiro atoms. The van der Waals surface area contributed by atoms with Crippen LogP contribution in [0.4, 0.5) is 0 Å². The van der Waals surface area contributed by atoms with E-state index in [1.807, 2.05) is 30.3 Å². The van der Waals surface area contributed by atoms with E-state index in [0.29, 0.717) is 17.0 Å². The predicted octanol–water partition coefficient (Wildman–Crippen LogP) is 4.58. The number of hydrogen-bond acceptors (Lipinski definition) is 13. The maximum Gasteiger partial charge on any atom is 0.336 e. The van der Waals surface area contributed by atoms with E-state index in [0.717, 1.165) is 5.56 Å². The molecule has 0 bridgehead atoms. The molecule has 4 rings (SSSR count). The first-order valence-corrected chi connectivity index (χ1v) is 16.3. The standard InChI is InChI=1S/C34H38N2O11S/c1-19-29(34(40)43-16-15-28-33(47-23(5)39)32(46-22(4)38)27(18-48-28)45-21(3)37)30(31(36(41)42)20(2)35-19)25-13-9-10-14-26(25)44-17-24-11-7-6-8-12-24/h6-14,27-28,30,32-33,35H,15-18H2,1-5H3/t27-,28-,30?,32-,33-/m1/s1. The van der Waals surface area contributed by atoms with Crippen molar-refractivity contribution in [1.29, 1.82) is 0 Å². The van der Waals surface area contributed by atoms with Crippen LogP contribution in [0, 0.1) is 10.1 Å². The summed E-state index contributed by atoms with van der Waals surface area (Å²) in [6, 6.07) is 16.3. The van der Waals surface area contributed by atoms with E-state index in [-0.39, 0.29) is 42.4 Å². The molecule has 1 N–H and O–H groups in total. The molecule has 48 heavy (non-hydrogen) atoms. The van der Waals surface area contributed by atoms with Crippen LogP contribution in [-0.4, -0.2) is 64.7 Å². The smallest absolute Gasteiger partial charge is 0.336 e. The summed E-state index contributed by atoms with van der Waals surface area (Å²) < 4.78 is 28.2. The van der Waals surface area contributed by atoms with Crippen molar-refractivity contribution in [2.24, 2.45) is 0 Å². The van der Waals surface area contributed by atoms with Crippen molar-refractivity contribution in [2.75, 3.05) is 12.4 Å². The van der Waals surface area contributed by atoms with Crippen molar-refractivity contribution in [3.05, 3.63) is 98.5 Å². The highest BCUT2D eigenvalue weighted by atomic mass is 32.2. The van der Waals surface area contributed by atoms with Crippen LogP contribution in [0.5, 0.6) is 5.75 Å². The van der Waals surface area contributed by atoms with Crippen LogP contribution < -0.4 is 10.1 Å². The number of nitrogens with zero attached hydrogens (tertiary/aromatic N) is 1. The number of esters is 4. The number of rotatable bonds is 12. The van der Waals surface area contributed by atoms with Crippen LogP contribution in [0.25, 0.3) is 0 Å². The van der Waals surface area contributed by atoms with Crippen molar-refractivity contribution >= 4 is 35.6 Å². The number of ether oxygens (including phenoxy) is 5. The Balaban J connectivity index is 1.57. The van der Waals surface area contributed by atoms with Crippen LogP contribution in [0.2, 0.25) is 0 Å². The van der Waals surface area contributed by atoms with Gasteiger partial charge in [-0.15, -0.1) is 0 Å². The van der Waals surface area contributed by atoms with Gasteiger partial charge in [-0.1, -0.05) is 48.5 Å². The molecule has 256 valence electrons. The molecule has 13 nitrogen and oxygen atoms in total. The van der Waals surface area contributed by atoms with Crippen LogP contribution in [0.1, 0.15) is 58.1 Å². The van der Waals surface area contributed by atoms with Crippen molar-refractivity contribution in [1.82, 2.24) is 5.32 Å². The number of nitro groups is 1. The third-order valence-electron chi connectivity index (χ3n) is 7.70. The van der Waals surface area contributed by atoms with E-state index in [2.05, 4.69) is 5.32 Å². The summed E-state index contributed by atoms with van der Waals surface area (Å²) in [7, 11) is 0. The minimum atomic E-state index is -1.11. The Kier molecular flexibility index (Phi) is 12.2. The number of allylic oxidation sites excluding steroid dienone is 3. The Hall–Kier alpha value is -4.85. The lowest BCUT2D eigenvalue weighted by Gasteiger charge is -2.40. The van der Waals surface area contributed by atoms with Gasteiger partial charge in [0.15, 0.2) is 18.3 Å². The molecular weight excluding hydrogens is 644 g/mol. The first-order valence-electron chi connectivity index (χ1n) is 15.3. The fourth-order valence-electron chi connectivity index (χ4n) is 5.79. The summed E-state index contributed by atoms with van der Waals surface area (Å²) in [4.78, 5) is 61.4. The van der Waals surface area contributed by atoms with Crippen LogP contribution in [-0.2, 0) is 44.7 Å². The van der Waals surface area contributed by atoms with E-state index in [1.165, 1.54) is 32.5 Å². The van der Waals surface area contributed by atoms with Crippen LogP contribution in [0.15, 0.2) is 77.3 Å². The van der Waals surface area contributed by atoms with E-state index < -0.39 is 58.3 Å². The second-order valence-electron chi connectivity index (χ2n) is 11.3. The van der Waals surface area contributed by atoms with Crippen molar-refractivity contribution in [3.8, 4) is 5.75 Å². The average molecular weight is 683 g/mol. The Morgan fingerprint density at radius 2 is 1.50 bits per heavy atom. The van der Waals surface area contributed by atoms with Crippen molar-refractivity contribution in [2.45, 2.75) is 77.1 Å². The van der Waals surface area contributed by atoms with Crippen molar-refractivity contribution < 1.29 is 47.8 Å². The van der Waals surface area contributed by atoms with Crippen molar-refractivity contribution in [3.63, 3.8) is 0 Å². The molecule has 0 aromatic heterocycles. The zero-order chi connectivity index (χ0) is 35.0. The van der Waals surface area contributed by atoms with E-state index in [1.54, 1.807) is 38.1 Å². The molecule has 0 radical (unpaired) electrons. The Labute approximate surface area is 282 Å². The van der Waals surface area contributed by atoms with Gasteiger partial charge in [0.25, 0.3) is 5.70 Å². The molecule has 0 aliphatic carbocycles. The predicted molar refractivity (Wildman–Crippen MR) is 174 cm³/mol. The summed E-state index contributed by atoms with van der Waals surface area (Å²) in [5.41, 5.74) is 1.80. The molecule has 1 saturated heterocycles. The lowest BCUT2D eigenvalue weighted by atomic mass is 9.83. The highest BCUT2D eigenvalue weighted by Gasteiger charge is 2.47. The number of carbonyl (C=O) groups is 4. The van der Waals surface area contributed by atoms with E-state index in [4.69, 9.17) is 23.7 Å². The second kappa shape index (κ2) is 16.3. The first-order chi connectivity index (χ1) is 22.9. The molecule has 1 unspecified atom stereocenters. The lowest BCUT2D eigenvalue weighted by Crippen LogP contribution is -2.54. The molecule has 1 fully saturated rings. The molecule has 0 amide bonds. The fraction of sp³-hybridized carbons (Fsp3) is 0.412. The quantitative estimate of drug-likeness (QED) is 0.143. The second-order valence-corrected chi connectivity index (χ2v) is 12.5. The number of dihydropyridines is 1. The highest BCUT2D eigenvalue weighted by Crippen LogP contribution is 2.43. The summed E-state index contributed by atoms with van der Waals surface area (Å²) in [5, 5.41) is 14.9. The Morgan fingerprint density at radius 3 is 2.15 bits per heavy atom. The summed E-state index contributed by atoms with van der Waals surface area (Å²) in [6.07, 6.45) is -2.77. The molecule has 14 heteroatoms. The number of carbonyl (C=O) groups excluding carboxylic acids is 4. The Morgan fingerprint density at radius 1 is 0.875 bits per heavy atom. The molecule has 2 aliphatic rings. The number of nitrogens with one attached hydrogen (secondary N) is 1. The molecule has 0 saturated carbocycles. The monoisotopic (exact) mass is 682 g/mol.